The van der Waals surface area contributed by atoms with Gasteiger partial charge in [0.05, 0.1) is 0 Å². The summed E-state index contributed by atoms with van der Waals surface area (Å²) in [6.07, 6.45) is 8.60. The molecule has 2 aromatic rings. The van der Waals surface area contributed by atoms with E-state index >= 15 is 0 Å². The average Bonchev–Trinajstić information content (AvgIpc) is 3.85. The third-order valence-electron chi connectivity index (χ3n) is 9.75. The number of hydrogen-bond acceptors (Lipinski definition) is 9. The molecule has 2 aromatic carbocycles. The molecule has 0 aliphatic carbocycles. The number of nitrogens with zero attached hydrogens (tertiary/aromatic N) is 2. The number of allylic oxidation sites excluding steroid dienone is 4. The topological polar surface area (TPSA) is 115 Å². The number of fused-ring (bicyclic) bond motifs is 2. The quantitative estimate of drug-likeness (QED) is 0.101. The van der Waals surface area contributed by atoms with E-state index in [9.17, 15) is 25.9 Å². The van der Waals surface area contributed by atoms with E-state index in [1.54, 1.807) is 0 Å². The maximum absolute atomic E-state index is 11.5. The van der Waals surface area contributed by atoms with Crippen molar-refractivity contribution in [2.24, 2.45) is 0 Å². The van der Waals surface area contributed by atoms with Crippen molar-refractivity contribution in [3.63, 3.8) is 0 Å². The monoisotopic (exact) mass is 933 g/mol. The summed E-state index contributed by atoms with van der Waals surface area (Å²) in [6.45, 7) is 10.4. The molecule has 4 aliphatic rings. The number of hydrogen-bond donors (Lipinski definition) is 2. The SMILES string of the molecule is CC1(C)C(/C=C/C=C2\N(CCCCS(=O)(=O)O)c3ccc([As]4SCCS4)cc3C2(C)C)=[N+](CCCCS(=O)(=O)O)c2ccc([As]3SCCS3)cc21. The van der Waals surface area contributed by atoms with E-state index in [1.807, 2.05) is 0 Å². The van der Waals surface area contributed by atoms with Gasteiger partial charge in [0.1, 0.15) is 0 Å². The zero-order valence-corrected chi connectivity index (χ0v) is 38.1. The summed E-state index contributed by atoms with van der Waals surface area (Å²) in [5, 5.41) is 0. The number of anilines is 1. The van der Waals surface area contributed by atoms with Crippen molar-refractivity contribution in [1.29, 1.82) is 0 Å². The molecule has 0 atom stereocenters. The Morgan fingerprint density at radius 2 is 1.31 bits per heavy atom. The summed E-state index contributed by atoms with van der Waals surface area (Å²) >= 11 is -2.38. The van der Waals surface area contributed by atoms with Crippen LogP contribution in [0.2, 0.25) is 0 Å². The third-order valence-corrected chi connectivity index (χ3v) is 38.8. The van der Waals surface area contributed by atoms with E-state index < -0.39 is 44.9 Å². The van der Waals surface area contributed by atoms with Crippen LogP contribution in [0.1, 0.15) is 64.5 Å². The predicted octanol–water partition coefficient (Wildman–Crippen LogP) is 5.99. The Labute approximate surface area is 326 Å². The molecular formula is C35H47As2N2O6S6+. The molecule has 2 saturated heterocycles. The van der Waals surface area contributed by atoms with E-state index in [2.05, 4.69) is 132 Å². The molecule has 0 spiro atoms. The molecule has 278 valence electrons. The molecular weight excluding hydrogens is 887 g/mol. The van der Waals surface area contributed by atoms with Crippen LogP contribution in [0.15, 0.2) is 60.3 Å². The molecule has 4 heterocycles. The van der Waals surface area contributed by atoms with Crippen molar-refractivity contribution in [1.82, 2.24) is 0 Å². The van der Waals surface area contributed by atoms with Crippen LogP contribution in [0.4, 0.5) is 11.4 Å². The van der Waals surface area contributed by atoms with Crippen molar-refractivity contribution in [2.45, 2.75) is 64.2 Å². The molecule has 6 rings (SSSR count). The van der Waals surface area contributed by atoms with Crippen LogP contribution in [0.25, 0.3) is 0 Å². The van der Waals surface area contributed by atoms with E-state index in [4.69, 9.17) is 0 Å². The van der Waals surface area contributed by atoms with Gasteiger partial charge in [-0.15, -0.1) is 0 Å². The van der Waals surface area contributed by atoms with Crippen LogP contribution >= 0.6 is 40.1 Å². The van der Waals surface area contributed by atoms with Gasteiger partial charge >= 0.3 is 329 Å². The van der Waals surface area contributed by atoms with Gasteiger partial charge in [-0.3, -0.25) is 0 Å². The van der Waals surface area contributed by atoms with Crippen molar-refractivity contribution in [2.75, 3.05) is 52.5 Å². The van der Waals surface area contributed by atoms with Gasteiger partial charge in [-0.25, -0.2) is 0 Å². The summed E-state index contributed by atoms with van der Waals surface area (Å²) in [5.74, 6) is 4.40. The summed E-state index contributed by atoms with van der Waals surface area (Å²) in [7, 11) is 0.535. The molecule has 0 amide bonds. The van der Waals surface area contributed by atoms with Crippen molar-refractivity contribution >= 4 is 111 Å². The average molecular weight is 934 g/mol. The van der Waals surface area contributed by atoms with Crippen LogP contribution in [0, 0.1) is 0 Å². The standard InChI is InChI=1S/C35H46As2N2O6S6/c1-34(2)28-24-26(36-46-18-19-47-36)12-14-30(28)38(16-5-7-22-50(40,41)42)32(34)10-9-11-33-35(3,4)29-25-27(37-48-20-21-49-37)13-15-31(29)39(33)17-6-8-23-51(43,44)45/h9-15,24-25H,5-8,16-23H2,1-4H3,(H-,40,41,42,43,44,45)/p+1. The van der Waals surface area contributed by atoms with Gasteiger partial charge in [-0.2, -0.15) is 0 Å². The molecule has 0 bridgehead atoms. The summed E-state index contributed by atoms with van der Waals surface area (Å²) in [6, 6.07) is 14.0. The zero-order chi connectivity index (χ0) is 36.6. The first-order valence-electron chi connectivity index (χ1n) is 17.2. The van der Waals surface area contributed by atoms with Crippen LogP contribution < -0.4 is 13.6 Å². The fourth-order valence-electron chi connectivity index (χ4n) is 7.23. The molecule has 2 fully saturated rings. The minimum atomic E-state index is -4.01. The van der Waals surface area contributed by atoms with Gasteiger partial charge in [0, 0.05) is 0 Å². The number of rotatable bonds is 14. The first-order chi connectivity index (χ1) is 24.1. The third kappa shape index (κ3) is 9.41. The minimum absolute atomic E-state index is 0.243. The first kappa shape index (κ1) is 40.4. The Hall–Kier alpha value is -0.273. The predicted molar refractivity (Wildman–Crippen MR) is 225 cm³/mol. The molecule has 2 N–H and O–H groups in total. The van der Waals surface area contributed by atoms with E-state index in [0.29, 0.717) is 38.8 Å². The van der Waals surface area contributed by atoms with E-state index in [1.165, 1.54) is 54.2 Å². The summed E-state index contributed by atoms with van der Waals surface area (Å²) in [5.41, 5.74) is 6.71. The van der Waals surface area contributed by atoms with Crippen LogP contribution in [0.5, 0.6) is 0 Å². The van der Waals surface area contributed by atoms with Gasteiger partial charge in [0.25, 0.3) is 0 Å². The van der Waals surface area contributed by atoms with Crippen molar-refractivity contribution < 1.29 is 30.5 Å². The van der Waals surface area contributed by atoms with Crippen LogP contribution in [-0.2, 0) is 31.1 Å². The fraction of sp³-hybridized carbons (Fsp3) is 0.514. The molecule has 0 saturated carbocycles. The molecule has 4 aliphatic heterocycles. The van der Waals surface area contributed by atoms with Crippen molar-refractivity contribution in [3.8, 4) is 0 Å². The Balaban J connectivity index is 1.34. The summed E-state index contributed by atoms with van der Waals surface area (Å²) in [4.78, 5) is 2.34. The molecule has 8 nitrogen and oxygen atoms in total. The Bertz CT molecular complexity index is 1950. The van der Waals surface area contributed by atoms with E-state index in [-0.39, 0.29) is 22.3 Å². The van der Waals surface area contributed by atoms with Gasteiger partial charge in [-0.05, 0) is 0 Å². The second-order valence-corrected chi connectivity index (χ2v) is 40.7. The second kappa shape index (κ2) is 16.4. The Kier molecular flexibility index (Phi) is 13.0. The molecule has 51 heavy (non-hydrogen) atoms. The normalized spacial score (nSPS) is 21.5. The van der Waals surface area contributed by atoms with Gasteiger partial charge in [-0.1, -0.05) is 0 Å². The molecule has 0 unspecified atom stereocenters. The molecule has 0 radical (unpaired) electrons. The van der Waals surface area contributed by atoms with Crippen molar-refractivity contribution in [3.05, 3.63) is 71.5 Å². The Morgan fingerprint density at radius 3 is 1.90 bits per heavy atom. The van der Waals surface area contributed by atoms with Crippen LogP contribution in [-0.4, -0.2) is 109 Å². The van der Waals surface area contributed by atoms with E-state index in [0.717, 1.165) is 11.4 Å². The number of benzene rings is 2. The summed E-state index contributed by atoms with van der Waals surface area (Å²) < 4.78 is 69.9. The zero-order valence-electron chi connectivity index (χ0n) is 29.4. The van der Waals surface area contributed by atoms with Gasteiger partial charge in [0.2, 0.25) is 0 Å². The second-order valence-electron chi connectivity index (χ2n) is 14.1. The number of unbranched alkanes of at least 4 members (excludes halogenated alkanes) is 2. The van der Waals surface area contributed by atoms with Gasteiger partial charge < -0.3 is 0 Å². The molecule has 16 heteroatoms. The van der Waals surface area contributed by atoms with Gasteiger partial charge in [0.15, 0.2) is 0 Å². The van der Waals surface area contributed by atoms with Crippen LogP contribution in [0.3, 0.4) is 0 Å². The molecule has 0 aromatic heterocycles. The first-order valence-corrected chi connectivity index (χ1v) is 35.2. The Morgan fingerprint density at radius 1 is 0.765 bits per heavy atom. The maximum atomic E-state index is 11.5. The fourth-order valence-corrected chi connectivity index (χ4v) is 36.6.